The second kappa shape index (κ2) is 12.4. The molecule has 7 heteroatoms. The molecule has 192 valence electrons. The molecule has 0 bridgehead atoms. The molecule has 0 saturated carbocycles. The first kappa shape index (κ1) is 27.0. The quantitative estimate of drug-likeness (QED) is 0.397. The molecule has 3 aromatic rings. The number of methoxy groups -OCH3 is 2. The molecule has 36 heavy (non-hydrogen) atoms. The van der Waals surface area contributed by atoms with E-state index in [1.165, 1.54) is 0 Å². The van der Waals surface area contributed by atoms with E-state index in [0.29, 0.717) is 31.8 Å². The Morgan fingerprint density at radius 1 is 0.944 bits per heavy atom. The van der Waals surface area contributed by atoms with Crippen molar-refractivity contribution in [2.75, 3.05) is 33.9 Å². The molecular formula is C29H37N3O4. The van der Waals surface area contributed by atoms with Gasteiger partial charge in [-0.25, -0.2) is 0 Å². The largest absolute Gasteiger partial charge is 0.497 e. The van der Waals surface area contributed by atoms with Crippen LogP contribution in [0.4, 0.5) is 0 Å². The number of benzene rings is 2. The van der Waals surface area contributed by atoms with Crippen LogP contribution < -0.4 is 4.74 Å². The molecule has 0 N–H and O–H groups in total. The van der Waals surface area contributed by atoms with Crippen LogP contribution in [0.1, 0.15) is 42.4 Å². The molecule has 2 aromatic carbocycles. The molecule has 0 aliphatic heterocycles. The zero-order valence-electron chi connectivity index (χ0n) is 21.9. The Morgan fingerprint density at radius 3 is 2.36 bits per heavy atom. The summed E-state index contributed by atoms with van der Waals surface area (Å²) in [4.78, 5) is 30.2. The summed E-state index contributed by atoms with van der Waals surface area (Å²) in [5.74, 6) is 0.514. The summed E-state index contributed by atoms with van der Waals surface area (Å²) in [5, 5.41) is 0. The maximum absolute atomic E-state index is 13.6. The van der Waals surface area contributed by atoms with Crippen molar-refractivity contribution in [1.82, 2.24) is 14.4 Å². The number of amides is 2. The third-order valence-corrected chi connectivity index (χ3v) is 6.04. The van der Waals surface area contributed by atoms with Crippen molar-refractivity contribution in [1.29, 1.82) is 0 Å². The van der Waals surface area contributed by atoms with Crippen LogP contribution in [-0.2, 0) is 22.6 Å². The van der Waals surface area contributed by atoms with Gasteiger partial charge in [0.2, 0.25) is 5.91 Å². The Bertz CT molecular complexity index is 1130. The number of aromatic nitrogens is 1. The first-order valence-corrected chi connectivity index (χ1v) is 12.1. The Morgan fingerprint density at radius 2 is 1.69 bits per heavy atom. The number of carbonyl (C=O) groups excluding carboxylic acids is 2. The standard InChI is InChI=1S/C29H37N3O4/c1-29(2,3)32(21-25-14-10-16-30(25)20-23-11-9-15-26(19-23)36-5)27(33)22-31(17-18-35-4)28(34)24-12-7-6-8-13-24/h6-16,19H,17-18,20-22H2,1-5H3. The fourth-order valence-electron chi connectivity index (χ4n) is 4.04. The van der Waals surface area contributed by atoms with E-state index in [0.717, 1.165) is 17.0 Å². The smallest absolute Gasteiger partial charge is 0.254 e. The van der Waals surface area contributed by atoms with Crippen LogP contribution in [0.25, 0.3) is 0 Å². The lowest BCUT2D eigenvalue weighted by atomic mass is 10.0. The maximum atomic E-state index is 13.6. The highest BCUT2D eigenvalue weighted by atomic mass is 16.5. The molecule has 0 aliphatic carbocycles. The van der Waals surface area contributed by atoms with E-state index in [4.69, 9.17) is 9.47 Å². The van der Waals surface area contributed by atoms with Crippen molar-refractivity contribution >= 4 is 11.8 Å². The van der Waals surface area contributed by atoms with Crippen LogP contribution in [0, 0.1) is 0 Å². The maximum Gasteiger partial charge on any atom is 0.254 e. The second-order valence-electron chi connectivity index (χ2n) is 9.72. The fraction of sp³-hybridized carbons (Fsp3) is 0.379. The van der Waals surface area contributed by atoms with E-state index >= 15 is 0 Å². The Hall–Kier alpha value is -3.58. The van der Waals surface area contributed by atoms with Gasteiger partial charge in [0.1, 0.15) is 12.3 Å². The van der Waals surface area contributed by atoms with E-state index in [9.17, 15) is 9.59 Å². The molecule has 0 spiro atoms. The van der Waals surface area contributed by atoms with Crippen LogP contribution >= 0.6 is 0 Å². The number of hydrogen-bond donors (Lipinski definition) is 0. The zero-order chi connectivity index (χ0) is 26.1. The van der Waals surface area contributed by atoms with Gasteiger partial charge in [0.15, 0.2) is 0 Å². The van der Waals surface area contributed by atoms with Gasteiger partial charge in [-0.15, -0.1) is 0 Å². The van der Waals surface area contributed by atoms with Gasteiger partial charge < -0.3 is 23.8 Å². The van der Waals surface area contributed by atoms with Crippen LogP contribution in [0.2, 0.25) is 0 Å². The predicted molar refractivity (Wildman–Crippen MR) is 141 cm³/mol. The number of carbonyl (C=O) groups is 2. The van der Waals surface area contributed by atoms with E-state index in [-0.39, 0.29) is 18.4 Å². The molecule has 0 aliphatic rings. The Balaban J connectivity index is 1.79. The van der Waals surface area contributed by atoms with Crippen molar-refractivity contribution in [2.45, 2.75) is 39.4 Å². The topological polar surface area (TPSA) is 64.0 Å². The van der Waals surface area contributed by atoms with Gasteiger partial charge in [-0.1, -0.05) is 30.3 Å². The first-order chi connectivity index (χ1) is 17.2. The molecule has 1 heterocycles. The predicted octanol–water partition coefficient (Wildman–Crippen LogP) is 4.46. The lowest BCUT2D eigenvalue weighted by molar-refractivity contribution is -0.137. The number of ether oxygens (including phenoxy) is 2. The van der Waals surface area contributed by atoms with Gasteiger partial charge in [0, 0.05) is 43.2 Å². The number of hydrogen-bond acceptors (Lipinski definition) is 4. The van der Waals surface area contributed by atoms with E-state index in [1.54, 1.807) is 31.3 Å². The van der Waals surface area contributed by atoms with Gasteiger partial charge in [0.05, 0.1) is 20.3 Å². The van der Waals surface area contributed by atoms with Crippen molar-refractivity contribution in [3.63, 3.8) is 0 Å². The molecule has 0 saturated heterocycles. The number of rotatable bonds is 11. The fourth-order valence-corrected chi connectivity index (χ4v) is 4.04. The lowest BCUT2D eigenvalue weighted by Crippen LogP contribution is -2.50. The van der Waals surface area contributed by atoms with Crippen LogP contribution in [-0.4, -0.2) is 65.6 Å². The lowest BCUT2D eigenvalue weighted by Gasteiger charge is -2.37. The number of nitrogens with zero attached hydrogens (tertiary/aromatic N) is 3. The SMILES string of the molecule is COCCN(CC(=O)N(Cc1cccn1Cc1cccc(OC)c1)C(C)(C)C)C(=O)c1ccccc1. The summed E-state index contributed by atoms with van der Waals surface area (Å²) < 4.78 is 12.7. The van der Waals surface area contributed by atoms with Crippen LogP contribution in [0.3, 0.4) is 0 Å². The van der Waals surface area contributed by atoms with Gasteiger partial charge in [0.25, 0.3) is 5.91 Å². The summed E-state index contributed by atoms with van der Waals surface area (Å²) in [6, 6.07) is 21.0. The highest BCUT2D eigenvalue weighted by molar-refractivity contribution is 5.96. The molecule has 0 fully saturated rings. The van der Waals surface area contributed by atoms with Gasteiger partial charge >= 0.3 is 0 Å². The second-order valence-corrected chi connectivity index (χ2v) is 9.72. The zero-order valence-corrected chi connectivity index (χ0v) is 21.9. The average Bonchev–Trinajstić information content (AvgIpc) is 3.30. The van der Waals surface area contributed by atoms with E-state index in [2.05, 4.69) is 10.6 Å². The monoisotopic (exact) mass is 491 g/mol. The minimum absolute atomic E-state index is 0.0229. The van der Waals surface area contributed by atoms with Gasteiger partial charge in [-0.3, -0.25) is 9.59 Å². The Kier molecular flexibility index (Phi) is 9.31. The minimum Gasteiger partial charge on any atom is -0.497 e. The highest BCUT2D eigenvalue weighted by Crippen LogP contribution is 2.21. The molecule has 0 unspecified atom stereocenters. The highest BCUT2D eigenvalue weighted by Gasteiger charge is 2.30. The summed E-state index contributed by atoms with van der Waals surface area (Å²) in [7, 11) is 3.25. The van der Waals surface area contributed by atoms with Crippen molar-refractivity contribution in [2.24, 2.45) is 0 Å². The Labute approximate surface area is 214 Å². The average molecular weight is 492 g/mol. The van der Waals surface area contributed by atoms with Crippen molar-refractivity contribution in [3.05, 3.63) is 89.7 Å². The normalized spacial score (nSPS) is 11.2. The van der Waals surface area contributed by atoms with Gasteiger partial charge in [-0.2, -0.15) is 0 Å². The first-order valence-electron chi connectivity index (χ1n) is 12.1. The van der Waals surface area contributed by atoms with Gasteiger partial charge in [-0.05, 0) is 62.7 Å². The summed E-state index contributed by atoms with van der Waals surface area (Å²) in [6.07, 6.45) is 2.02. The molecule has 3 rings (SSSR count). The van der Waals surface area contributed by atoms with E-state index < -0.39 is 5.54 Å². The molecular weight excluding hydrogens is 454 g/mol. The molecule has 1 aromatic heterocycles. The molecule has 0 radical (unpaired) electrons. The summed E-state index contributed by atoms with van der Waals surface area (Å²) in [5.41, 5.74) is 2.24. The minimum atomic E-state index is -0.440. The van der Waals surface area contributed by atoms with Crippen LogP contribution in [0.15, 0.2) is 72.9 Å². The summed E-state index contributed by atoms with van der Waals surface area (Å²) >= 11 is 0. The van der Waals surface area contributed by atoms with Crippen LogP contribution in [0.5, 0.6) is 5.75 Å². The van der Waals surface area contributed by atoms with Crippen molar-refractivity contribution in [3.8, 4) is 5.75 Å². The van der Waals surface area contributed by atoms with E-state index in [1.807, 2.05) is 80.4 Å². The molecule has 0 atom stereocenters. The molecule has 7 nitrogen and oxygen atoms in total. The third-order valence-electron chi connectivity index (χ3n) is 6.04. The summed E-state index contributed by atoms with van der Waals surface area (Å²) in [6.45, 7) is 7.79. The van der Waals surface area contributed by atoms with Crippen molar-refractivity contribution < 1.29 is 19.1 Å². The third kappa shape index (κ3) is 7.21. The molecule has 2 amide bonds.